The molecule has 0 unspecified atom stereocenters. The Balaban J connectivity index is 1.94. The summed E-state index contributed by atoms with van der Waals surface area (Å²) < 4.78 is 6.31. The van der Waals surface area contributed by atoms with Crippen LogP contribution in [-0.2, 0) is 6.54 Å². The molecule has 0 spiro atoms. The number of nitrogens with one attached hydrogen (secondary N) is 1. The zero-order valence-corrected chi connectivity index (χ0v) is 9.85. The number of hydrogen-bond donors (Lipinski definition) is 1. The zero-order chi connectivity index (χ0) is 9.97. The highest BCUT2D eigenvalue weighted by Crippen LogP contribution is 2.23. The Hall–Kier alpha value is -0.880. The predicted octanol–water partition coefficient (Wildman–Crippen LogP) is 2.81. The molecule has 0 saturated heterocycles. The van der Waals surface area contributed by atoms with E-state index in [0.717, 1.165) is 14.7 Å². The second-order valence-electron chi connectivity index (χ2n) is 2.69. The summed E-state index contributed by atoms with van der Waals surface area (Å²) in [5.41, 5.74) is 0. The Morgan fingerprint density at radius 2 is 2.36 bits per heavy atom. The van der Waals surface area contributed by atoms with E-state index in [1.54, 1.807) is 12.4 Å². The summed E-state index contributed by atoms with van der Waals surface area (Å²) in [6, 6.07) is 0. The molecule has 74 valence electrons. The van der Waals surface area contributed by atoms with E-state index in [1.807, 2.05) is 6.92 Å². The predicted molar refractivity (Wildman–Crippen MR) is 58.4 cm³/mol. The number of nitrogens with zero attached hydrogens (tertiary/aromatic N) is 2. The summed E-state index contributed by atoms with van der Waals surface area (Å²) >= 11 is 4.88. The van der Waals surface area contributed by atoms with Crippen LogP contribution in [0.1, 0.15) is 11.7 Å². The Kier molecular flexibility index (Phi) is 2.83. The lowest BCUT2D eigenvalue weighted by Gasteiger charge is -1.96. The Morgan fingerprint density at radius 3 is 2.93 bits per heavy atom. The molecular formula is C8H8BrN3OS. The Bertz CT molecular complexity index is 385. The fraction of sp³-hybridized carbons (Fsp3) is 0.250. The molecule has 6 heteroatoms. The van der Waals surface area contributed by atoms with Gasteiger partial charge in [-0.15, -0.1) is 0 Å². The van der Waals surface area contributed by atoms with Gasteiger partial charge in [-0.1, -0.05) is 11.3 Å². The highest BCUT2D eigenvalue weighted by atomic mass is 79.9. The van der Waals surface area contributed by atoms with E-state index in [1.165, 1.54) is 11.3 Å². The quantitative estimate of drug-likeness (QED) is 0.935. The van der Waals surface area contributed by atoms with Gasteiger partial charge in [-0.2, -0.15) is 0 Å². The first kappa shape index (κ1) is 9.67. The van der Waals surface area contributed by atoms with Gasteiger partial charge in [0.1, 0.15) is 5.76 Å². The third-order valence-electron chi connectivity index (χ3n) is 1.54. The fourth-order valence-corrected chi connectivity index (χ4v) is 2.07. The minimum Gasteiger partial charge on any atom is -0.444 e. The van der Waals surface area contributed by atoms with Crippen LogP contribution in [0.15, 0.2) is 20.6 Å². The maximum Gasteiger partial charge on any atom is 0.213 e. The molecule has 0 radical (unpaired) electrons. The molecule has 0 saturated carbocycles. The van der Waals surface area contributed by atoms with Crippen molar-refractivity contribution in [1.82, 2.24) is 9.97 Å². The lowest BCUT2D eigenvalue weighted by atomic mass is 10.6. The molecule has 0 aromatic carbocycles. The van der Waals surface area contributed by atoms with Gasteiger partial charge in [0.2, 0.25) is 5.89 Å². The van der Waals surface area contributed by atoms with Gasteiger partial charge in [0.25, 0.3) is 0 Å². The van der Waals surface area contributed by atoms with E-state index in [4.69, 9.17) is 4.42 Å². The molecule has 0 bridgehead atoms. The van der Waals surface area contributed by atoms with Gasteiger partial charge in [-0.3, -0.25) is 0 Å². The van der Waals surface area contributed by atoms with E-state index in [-0.39, 0.29) is 0 Å². The van der Waals surface area contributed by atoms with Crippen molar-refractivity contribution in [3.8, 4) is 0 Å². The molecule has 4 nitrogen and oxygen atoms in total. The third kappa shape index (κ3) is 2.33. The molecule has 1 N–H and O–H groups in total. The smallest absolute Gasteiger partial charge is 0.213 e. The topological polar surface area (TPSA) is 51.0 Å². The lowest BCUT2D eigenvalue weighted by molar-refractivity contribution is 0.479. The van der Waals surface area contributed by atoms with Crippen molar-refractivity contribution in [1.29, 1.82) is 0 Å². The minimum absolute atomic E-state index is 0.563. The summed E-state index contributed by atoms with van der Waals surface area (Å²) in [4.78, 5) is 8.20. The van der Waals surface area contributed by atoms with Crippen molar-refractivity contribution in [3.05, 3.63) is 27.8 Å². The monoisotopic (exact) mass is 273 g/mol. The van der Waals surface area contributed by atoms with Crippen molar-refractivity contribution >= 4 is 32.4 Å². The molecule has 2 heterocycles. The normalized spacial score (nSPS) is 10.4. The molecule has 14 heavy (non-hydrogen) atoms. The molecule has 0 fully saturated rings. The number of hydrogen-bond acceptors (Lipinski definition) is 5. The van der Waals surface area contributed by atoms with Crippen LogP contribution in [0.2, 0.25) is 0 Å². The van der Waals surface area contributed by atoms with Crippen LogP contribution < -0.4 is 5.32 Å². The summed E-state index contributed by atoms with van der Waals surface area (Å²) in [5.74, 6) is 1.50. The van der Waals surface area contributed by atoms with Gasteiger partial charge < -0.3 is 9.73 Å². The highest BCUT2D eigenvalue weighted by Gasteiger charge is 2.02. The van der Waals surface area contributed by atoms with Crippen molar-refractivity contribution in [2.75, 3.05) is 5.32 Å². The van der Waals surface area contributed by atoms with Crippen LogP contribution in [0.5, 0.6) is 0 Å². The molecular weight excluding hydrogens is 266 g/mol. The van der Waals surface area contributed by atoms with E-state index < -0.39 is 0 Å². The third-order valence-corrected chi connectivity index (χ3v) is 2.97. The first-order valence-electron chi connectivity index (χ1n) is 4.00. The largest absolute Gasteiger partial charge is 0.444 e. The van der Waals surface area contributed by atoms with Crippen molar-refractivity contribution in [3.63, 3.8) is 0 Å². The van der Waals surface area contributed by atoms with Crippen LogP contribution in [-0.4, -0.2) is 9.97 Å². The number of halogens is 1. The number of oxazole rings is 1. The van der Waals surface area contributed by atoms with E-state index in [0.29, 0.717) is 12.4 Å². The average Bonchev–Trinajstić information content (AvgIpc) is 2.72. The lowest BCUT2D eigenvalue weighted by Crippen LogP contribution is -1.98. The molecule has 2 aromatic heterocycles. The summed E-state index contributed by atoms with van der Waals surface area (Å²) in [6.07, 6.45) is 3.46. The van der Waals surface area contributed by atoms with Gasteiger partial charge in [0, 0.05) is 0 Å². The molecule has 0 atom stereocenters. The second kappa shape index (κ2) is 4.10. The molecule has 0 aliphatic heterocycles. The fourth-order valence-electron chi connectivity index (χ4n) is 0.971. The SMILES string of the molecule is Cc1cnc(CNc2ncc(Br)s2)o1. The molecule has 0 amide bonds. The first-order valence-corrected chi connectivity index (χ1v) is 5.61. The van der Waals surface area contributed by atoms with Crippen LogP contribution in [0.3, 0.4) is 0 Å². The average molecular weight is 274 g/mol. The van der Waals surface area contributed by atoms with E-state index in [9.17, 15) is 0 Å². The summed E-state index contributed by atoms with van der Waals surface area (Å²) in [6.45, 7) is 2.43. The summed E-state index contributed by atoms with van der Waals surface area (Å²) in [7, 11) is 0. The second-order valence-corrected chi connectivity index (χ2v) is 5.10. The number of rotatable bonds is 3. The molecule has 0 aliphatic rings. The summed E-state index contributed by atoms with van der Waals surface area (Å²) in [5, 5.41) is 3.97. The van der Waals surface area contributed by atoms with Gasteiger partial charge in [-0.05, 0) is 22.9 Å². The Labute approximate surface area is 93.5 Å². The first-order chi connectivity index (χ1) is 6.74. The number of anilines is 1. The van der Waals surface area contributed by atoms with Gasteiger partial charge in [0.05, 0.1) is 22.7 Å². The van der Waals surface area contributed by atoms with E-state index in [2.05, 4.69) is 31.2 Å². The molecule has 2 aromatic rings. The number of thiazole rings is 1. The van der Waals surface area contributed by atoms with Crippen molar-refractivity contribution < 1.29 is 4.42 Å². The highest BCUT2D eigenvalue weighted by molar-refractivity contribution is 9.11. The minimum atomic E-state index is 0.563. The van der Waals surface area contributed by atoms with Crippen molar-refractivity contribution in [2.24, 2.45) is 0 Å². The zero-order valence-electron chi connectivity index (χ0n) is 7.45. The molecule has 2 rings (SSSR count). The van der Waals surface area contributed by atoms with Gasteiger partial charge >= 0.3 is 0 Å². The Morgan fingerprint density at radius 1 is 1.50 bits per heavy atom. The van der Waals surface area contributed by atoms with Crippen molar-refractivity contribution in [2.45, 2.75) is 13.5 Å². The number of aromatic nitrogens is 2. The van der Waals surface area contributed by atoms with Gasteiger partial charge in [0.15, 0.2) is 5.13 Å². The van der Waals surface area contributed by atoms with E-state index >= 15 is 0 Å². The van der Waals surface area contributed by atoms with Crippen LogP contribution in [0, 0.1) is 6.92 Å². The maximum absolute atomic E-state index is 5.30. The van der Waals surface area contributed by atoms with Crippen LogP contribution >= 0.6 is 27.3 Å². The van der Waals surface area contributed by atoms with Crippen LogP contribution in [0.25, 0.3) is 0 Å². The van der Waals surface area contributed by atoms with Gasteiger partial charge in [-0.25, -0.2) is 9.97 Å². The van der Waals surface area contributed by atoms with Crippen LogP contribution in [0.4, 0.5) is 5.13 Å². The maximum atomic E-state index is 5.30. The molecule has 0 aliphatic carbocycles. The number of aryl methyl sites for hydroxylation is 1. The standard InChI is InChI=1S/C8H8BrN3OS/c1-5-2-10-7(13-5)4-12-8-11-3-6(9)14-8/h2-3H,4H2,1H3,(H,11,12).